The van der Waals surface area contributed by atoms with E-state index in [2.05, 4.69) is 35.7 Å². The molecule has 1 unspecified atom stereocenters. The second kappa shape index (κ2) is 8.66. The van der Waals surface area contributed by atoms with Crippen LogP contribution in [0.2, 0.25) is 0 Å². The van der Waals surface area contributed by atoms with E-state index in [-0.39, 0.29) is 11.8 Å². The van der Waals surface area contributed by atoms with Crippen molar-refractivity contribution in [2.45, 2.75) is 25.3 Å². The van der Waals surface area contributed by atoms with Gasteiger partial charge in [-0.25, -0.2) is 4.98 Å². The van der Waals surface area contributed by atoms with Crippen LogP contribution in [-0.2, 0) is 4.79 Å². The average molecular weight is 432 g/mol. The number of nitrogens with zero attached hydrogens (tertiary/aromatic N) is 4. The molecule has 0 aromatic carbocycles. The summed E-state index contributed by atoms with van der Waals surface area (Å²) >= 11 is 0. The number of hydrogen-bond acceptors (Lipinski definition) is 6. The number of hydrogen-bond donors (Lipinski definition) is 4. The van der Waals surface area contributed by atoms with E-state index in [0.29, 0.717) is 61.0 Å². The molecular weight excluding hydrogens is 407 g/mol. The summed E-state index contributed by atoms with van der Waals surface area (Å²) in [5.74, 6) is -0.0735. The van der Waals surface area contributed by atoms with Crippen LogP contribution in [0.5, 0.6) is 0 Å². The molecule has 164 valence electrons. The molecular formula is C21H25BN8O2. The van der Waals surface area contributed by atoms with Gasteiger partial charge in [-0.05, 0) is 19.4 Å². The third-order valence-corrected chi connectivity index (χ3v) is 6.24. The van der Waals surface area contributed by atoms with E-state index in [1.165, 1.54) is 12.4 Å². The van der Waals surface area contributed by atoms with E-state index >= 15 is 0 Å². The molecule has 2 radical (unpaired) electrons. The van der Waals surface area contributed by atoms with Gasteiger partial charge in [0.05, 0.1) is 22.8 Å². The predicted octanol–water partition coefficient (Wildman–Crippen LogP) is 0.123. The molecule has 2 aliphatic heterocycles. The Morgan fingerprint density at radius 3 is 2.75 bits per heavy atom. The molecule has 2 amide bonds. The molecule has 2 fully saturated rings. The number of carbonyl (C=O) groups excluding carboxylic acids is 2. The molecule has 0 spiro atoms. The van der Waals surface area contributed by atoms with Crippen LogP contribution in [0.4, 0.5) is 11.4 Å². The van der Waals surface area contributed by atoms with Crippen molar-refractivity contribution in [1.82, 2.24) is 30.4 Å². The highest BCUT2D eigenvalue weighted by Gasteiger charge is 2.27. The maximum Gasteiger partial charge on any atom is 0.258 e. The lowest BCUT2D eigenvalue weighted by Crippen LogP contribution is -2.50. The van der Waals surface area contributed by atoms with Crippen LogP contribution < -0.4 is 21.0 Å². The molecule has 3 aromatic heterocycles. The van der Waals surface area contributed by atoms with Gasteiger partial charge >= 0.3 is 0 Å². The molecule has 0 aliphatic carbocycles. The predicted molar refractivity (Wildman–Crippen MR) is 122 cm³/mol. The van der Waals surface area contributed by atoms with Crippen molar-refractivity contribution in [1.29, 1.82) is 0 Å². The number of aromatic nitrogens is 4. The highest BCUT2D eigenvalue weighted by atomic mass is 16.2. The lowest BCUT2D eigenvalue weighted by molar-refractivity contribution is -0.131. The Morgan fingerprint density at radius 1 is 1.19 bits per heavy atom. The standard InChI is InChI=1S/C21H25BN8O2/c22-15-11-24-20-18(16(12-25-20)28-21(32)13-9-26-27-10-13)19(15)30-6-4-29(5-7-30)17(31)8-14-2-1-3-23-14/h9-12,14,23H,1-8H2,(H,24,25)(H,26,27)(H,28,32). The van der Waals surface area contributed by atoms with Crippen LogP contribution in [-0.4, -0.2) is 83.5 Å². The number of nitrogens with one attached hydrogen (secondary N) is 4. The highest BCUT2D eigenvalue weighted by Crippen LogP contribution is 2.31. The molecule has 32 heavy (non-hydrogen) atoms. The van der Waals surface area contributed by atoms with Gasteiger partial charge in [-0.1, -0.05) is 5.46 Å². The summed E-state index contributed by atoms with van der Waals surface area (Å²) in [7, 11) is 6.34. The van der Waals surface area contributed by atoms with Crippen LogP contribution in [0, 0.1) is 0 Å². The van der Waals surface area contributed by atoms with Crippen molar-refractivity contribution < 1.29 is 9.59 Å². The number of carbonyl (C=O) groups is 2. The number of piperazine rings is 1. The maximum absolute atomic E-state index is 12.7. The first-order valence-electron chi connectivity index (χ1n) is 10.9. The van der Waals surface area contributed by atoms with E-state index in [4.69, 9.17) is 7.85 Å². The van der Waals surface area contributed by atoms with Crippen molar-refractivity contribution in [3.8, 4) is 0 Å². The van der Waals surface area contributed by atoms with Crippen LogP contribution in [0.3, 0.4) is 0 Å². The second-order valence-corrected chi connectivity index (χ2v) is 8.29. The normalized spacial score (nSPS) is 18.9. The van der Waals surface area contributed by atoms with Gasteiger partial charge in [0, 0.05) is 62.9 Å². The van der Waals surface area contributed by atoms with E-state index in [0.717, 1.165) is 30.5 Å². The fraction of sp³-hybridized carbons (Fsp3) is 0.429. The number of fused-ring (bicyclic) bond motifs is 1. The van der Waals surface area contributed by atoms with Crippen LogP contribution >= 0.6 is 0 Å². The highest BCUT2D eigenvalue weighted by molar-refractivity contribution is 6.38. The Labute approximate surface area is 186 Å². The summed E-state index contributed by atoms with van der Waals surface area (Å²) in [6, 6.07) is 0.303. The van der Waals surface area contributed by atoms with Crippen molar-refractivity contribution in [3.63, 3.8) is 0 Å². The molecule has 5 heterocycles. The molecule has 4 N–H and O–H groups in total. The Bertz CT molecular complexity index is 1110. The SMILES string of the molecule is [B]c1cnc2[nH]cc(NC(=O)c3cn[nH]c3)c2c1N1CCN(C(=O)CC2CCCN2)CC1. The fourth-order valence-electron chi connectivity index (χ4n) is 4.55. The van der Waals surface area contributed by atoms with Gasteiger partial charge in [-0.3, -0.25) is 14.7 Å². The Kier molecular flexibility index (Phi) is 5.56. The zero-order chi connectivity index (χ0) is 22.1. The van der Waals surface area contributed by atoms with Crippen molar-refractivity contribution in [2.75, 3.05) is 42.9 Å². The number of H-pyrrole nitrogens is 2. The largest absolute Gasteiger partial charge is 0.368 e. The number of rotatable bonds is 5. The van der Waals surface area contributed by atoms with Gasteiger partial charge in [0.2, 0.25) is 5.91 Å². The number of amides is 2. The first-order valence-corrected chi connectivity index (χ1v) is 10.9. The molecule has 11 heteroatoms. The van der Waals surface area contributed by atoms with Crippen LogP contribution in [0.25, 0.3) is 11.0 Å². The van der Waals surface area contributed by atoms with Gasteiger partial charge in [0.15, 0.2) is 0 Å². The molecule has 10 nitrogen and oxygen atoms in total. The number of aromatic amines is 2. The van der Waals surface area contributed by atoms with Gasteiger partial charge in [-0.2, -0.15) is 5.10 Å². The van der Waals surface area contributed by atoms with Crippen molar-refractivity contribution >= 4 is 47.5 Å². The smallest absolute Gasteiger partial charge is 0.258 e. The van der Waals surface area contributed by atoms with E-state index in [9.17, 15) is 9.59 Å². The third-order valence-electron chi connectivity index (χ3n) is 6.24. The summed E-state index contributed by atoms with van der Waals surface area (Å²) in [5.41, 5.74) is 3.03. The van der Waals surface area contributed by atoms with Gasteiger partial charge < -0.3 is 25.4 Å². The summed E-state index contributed by atoms with van der Waals surface area (Å²) < 4.78 is 0. The zero-order valence-corrected chi connectivity index (χ0v) is 17.7. The van der Waals surface area contributed by atoms with Gasteiger partial charge in [-0.15, -0.1) is 0 Å². The number of anilines is 2. The lowest BCUT2D eigenvalue weighted by Gasteiger charge is -2.37. The van der Waals surface area contributed by atoms with Gasteiger partial charge in [0.1, 0.15) is 13.5 Å². The van der Waals surface area contributed by atoms with Crippen LogP contribution in [0.1, 0.15) is 29.6 Å². The quantitative estimate of drug-likeness (QED) is 0.425. The second-order valence-electron chi connectivity index (χ2n) is 8.29. The summed E-state index contributed by atoms with van der Waals surface area (Å²) in [6.07, 6.45) is 9.11. The molecule has 5 rings (SSSR count). The fourth-order valence-corrected chi connectivity index (χ4v) is 4.55. The molecule has 2 aliphatic rings. The lowest BCUT2D eigenvalue weighted by atomic mass is 9.93. The summed E-state index contributed by atoms with van der Waals surface area (Å²) in [4.78, 5) is 36.8. The Morgan fingerprint density at radius 2 is 2.03 bits per heavy atom. The van der Waals surface area contributed by atoms with Gasteiger partial charge in [0.25, 0.3) is 5.91 Å². The maximum atomic E-state index is 12.7. The van der Waals surface area contributed by atoms with E-state index in [1.807, 2.05) is 4.90 Å². The topological polar surface area (TPSA) is 122 Å². The Hall–Kier alpha value is -3.34. The minimum Gasteiger partial charge on any atom is -0.368 e. The van der Waals surface area contributed by atoms with Crippen molar-refractivity contribution in [3.05, 3.63) is 30.4 Å². The van der Waals surface area contributed by atoms with Crippen molar-refractivity contribution in [2.24, 2.45) is 0 Å². The molecule has 1 atom stereocenters. The van der Waals surface area contributed by atoms with E-state index < -0.39 is 0 Å². The monoisotopic (exact) mass is 432 g/mol. The molecule has 0 bridgehead atoms. The first kappa shape index (κ1) is 20.6. The minimum absolute atomic E-state index is 0.201. The summed E-state index contributed by atoms with van der Waals surface area (Å²) in [6.45, 7) is 3.59. The van der Waals surface area contributed by atoms with Crippen LogP contribution in [0.15, 0.2) is 24.8 Å². The Balaban J connectivity index is 1.34. The molecule has 3 aromatic rings. The summed E-state index contributed by atoms with van der Waals surface area (Å²) in [5, 5.41) is 13.5. The number of pyridine rings is 1. The first-order chi connectivity index (χ1) is 15.6. The molecule has 2 saturated heterocycles. The minimum atomic E-state index is -0.274. The average Bonchev–Trinajstić information content (AvgIpc) is 3.57. The third kappa shape index (κ3) is 3.95. The van der Waals surface area contributed by atoms with E-state index in [1.54, 1.807) is 12.4 Å². The molecule has 0 saturated carbocycles. The zero-order valence-electron chi connectivity index (χ0n) is 17.7.